The van der Waals surface area contributed by atoms with Gasteiger partial charge in [0.05, 0.1) is 16.7 Å². The van der Waals surface area contributed by atoms with Gasteiger partial charge >= 0.3 is 0 Å². The molecule has 86 valence electrons. The maximum atomic E-state index is 6.04. The van der Waals surface area contributed by atoms with Crippen molar-refractivity contribution in [3.63, 3.8) is 0 Å². The van der Waals surface area contributed by atoms with Crippen molar-refractivity contribution in [2.45, 2.75) is 13.8 Å². The number of hydrogen-bond donors (Lipinski definition) is 1. The van der Waals surface area contributed by atoms with Crippen LogP contribution in [0.3, 0.4) is 0 Å². The molecule has 0 saturated heterocycles. The predicted molar refractivity (Wildman–Crippen MR) is 71.7 cm³/mol. The van der Waals surface area contributed by atoms with E-state index in [2.05, 4.69) is 21.0 Å². The third kappa shape index (κ3) is 1.83. The summed E-state index contributed by atoms with van der Waals surface area (Å²) in [6.45, 7) is 3.87. The Labute approximate surface area is 107 Å². The zero-order valence-corrected chi connectivity index (χ0v) is 11.0. The van der Waals surface area contributed by atoms with Crippen molar-refractivity contribution in [1.29, 1.82) is 0 Å². The summed E-state index contributed by atoms with van der Waals surface area (Å²) in [5, 5.41) is 0.946. The molecule has 0 aliphatic heterocycles. The lowest BCUT2D eigenvalue weighted by Gasteiger charge is -1.95. The van der Waals surface area contributed by atoms with Crippen LogP contribution in [0, 0.1) is 13.8 Å². The first-order valence-corrected chi connectivity index (χ1v) is 6.42. The number of thiazole rings is 1. The molecule has 0 aliphatic rings. The highest BCUT2D eigenvalue weighted by atomic mass is 35.5. The van der Waals surface area contributed by atoms with Crippen LogP contribution >= 0.6 is 22.9 Å². The van der Waals surface area contributed by atoms with Crippen LogP contribution in [0.4, 0.5) is 0 Å². The molecule has 2 aromatic heterocycles. The molecule has 5 heteroatoms. The van der Waals surface area contributed by atoms with Crippen LogP contribution in [0.15, 0.2) is 18.2 Å². The van der Waals surface area contributed by atoms with Gasteiger partial charge in [-0.05, 0) is 32.0 Å². The molecule has 3 aromatic rings. The molecule has 0 radical (unpaired) electrons. The molecule has 1 aromatic carbocycles. The smallest absolute Gasteiger partial charge is 0.125 e. The number of aryl methyl sites for hydroxylation is 2. The normalized spacial score (nSPS) is 11.2. The number of aromatic amines is 1. The Morgan fingerprint density at radius 1 is 1.24 bits per heavy atom. The quantitative estimate of drug-likeness (QED) is 0.722. The second-order valence-electron chi connectivity index (χ2n) is 3.93. The van der Waals surface area contributed by atoms with Gasteiger partial charge in [-0.15, -0.1) is 11.3 Å². The lowest BCUT2D eigenvalue weighted by Crippen LogP contribution is -1.78. The first kappa shape index (κ1) is 10.7. The number of nitrogens with one attached hydrogen (secondary N) is 1. The van der Waals surface area contributed by atoms with Gasteiger partial charge in [0, 0.05) is 5.56 Å². The van der Waals surface area contributed by atoms with E-state index in [1.165, 1.54) is 11.3 Å². The first-order chi connectivity index (χ1) is 8.13. The van der Waals surface area contributed by atoms with Crippen LogP contribution < -0.4 is 0 Å². The number of fused-ring (bicyclic) bond motifs is 1. The molecule has 0 unspecified atom stereocenters. The van der Waals surface area contributed by atoms with Crippen LogP contribution in [0.25, 0.3) is 21.6 Å². The molecule has 2 heterocycles. The monoisotopic (exact) mass is 263 g/mol. The molecule has 0 atom stereocenters. The van der Waals surface area contributed by atoms with Crippen LogP contribution in [0.1, 0.15) is 11.5 Å². The van der Waals surface area contributed by atoms with Gasteiger partial charge in [0.15, 0.2) is 0 Å². The number of benzene rings is 1. The van der Waals surface area contributed by atoms with E-state index in [9.17, 15) is 0 Å². The Morgan fingerprint density at radius 3 is 2.76 bits per heavy atom. The Morgan fingerprint density at radius 2 is 2.06 bits per heavy atom. The molecule has 0 aliphatic carbocycles. The maximum absolute atomic E-state index is 6.04. The highest BCUT2D eigenvalue weighted by Gasteiger charge is 2.09. The Balaban J connectivity index is 2.16. The van der Waals surface area contributed by atoms with Crippen molar-refractivity contribution in [1.82, 2.24) is 15.0 Å². The molecule has 0 fully saturated rings. The summed E-state index contributed by atoms with van der Waals surface area (Å²) in [6, 6.07) is 6.08. The lowest BCUT2D eigenvalue weighted by atomic mass is 10.2. The zero-order chi connectivity index (χ0) is 12.0. The van der Waals surface area contributed by atoms with Crippen LogP contribution in [0.5, 0.6) is 0 Å². The van der Waals surface area contributed by atoms with E-state index < -0.39 is 0 Å². The van der Waals surface area contributed by atoms with E-state index in [-0.39, 0.29) is 0 Å². The van der Waals surface area contributed by atoms with Gasteiger partial charge in [-0.25, -0.2) is 9.97 Å². The van der Waals surface area contributed by atoms with E-state index in [1.54, 1.807) is 0 Å². The van der Waals surface area contributed by atoms with Crippen molar-refractivity contribution in [2.75, 3.05) is 0 Å². The second kappa shape index (κ2) is 3.82. The minimum Gasteiger partial charge on any atom is -0.342 e. The van der Waals surface area contributed by atoms with Gasteiger partial charge < -0.3 is 4.98 Å². The van der Waals surface area contributed by atoms with E-state index in [0.717, 1.165) is 37.5 Å². The van der Waals surface area contributed by atoms with Crippen molar-refractivity contribution in [3.05, 3.63) is 34.1 Å². The van der Waals surface area contributed by atoms with Gasteiger partial charge in [0.2, 0.25) is 0 Å². The van der Waals surface area contributed by atoms with Crippen molar-refractivity contribution in [2.24, 2.45) is 0 Å². The summed E-state index contributed by atoms with van der Waals surface area (Å²) < 4.78 is 0.751. The van der Waals surface area contributed by atoms with Crippen LogP contribution in [0.2, 0.25) is 4.34 Å². The van der Waals surface area contributed by atoms with E-state index in [4.69, 9.17) is 11.6 Å². The minimum absolute atomic E-state index is 0.751. The molecule has 17 heavy (non-hydrogen) atoms. The molecule has 0 bridgehead atoms. The topological polar surface area (TPSA) is 41.6 Å². The largest absolute Gasteiger partial charge is 0.342 e. The average molecular weight is 264 g/mol. The summed E-state index contributed by atoms with van der Waals surface area (Å²) in [7, 11) is 0. The summed E-state index contributed by atoms with van der Waals surface area (Å²) in [5.41, 5.74) is 3.96. The van der Waals surface area contributed by atoms with Gasteiger partial charge in [-0.3, -0.25) is 0 Å². The zero-order valence-electron chi connectivity index (χ0n) is 9.41. The highest BCUT2D eigenvalue weighted by Crippen LogP contribution is 2.32. The average Bonchev–Trinajstić information content (AvgIpc) is 2.80. The molecular formula is C12H10ClN3S. The summed E-state index contributed by atoms with van der Waals surface area (Å²) in [6.07, 6.45) is 0. The fourth-order valence-electron chi connectivity index (χ4n) is 1.77. The van der Waals surface area contributed by atoms with E-state index >= 15 is 0 Å². The summed E-state index contributed by atoms with van der Waals surface area (Å²) >= 11 is 7.54. The molecule has 1 N–H and O–H groups in total. The van der Waals surface area contributed by atoms with Crippen molar-refractivity contribution < 1.29 is 0 Å². The van der Waals surface area contributed by atoms with Crippen LogP contribution in [-0.4, -0.2) is 15.0 Å². The number of hydrogen-bond acceptors (Lipinski definition) is 3. The molecule has 0 saturated carbocycles. The van der Waals surface area contributed by atoms with Gasteiger partial charge in [-0.1, -0.05) is 11.6 Å². The van der Waals surface area contributed by atoms with Crippen molar-refractivity contribution >= 4 is 34.0 Å². The van der Waals surface area contributed by atoms with Gasteiger partial charge in [-0.2, -0.15) is 0 Å². The minimum atomic E-state index is 0.751. The molecule has 0 spiro atoms. The number of nitrogens with zero attached hydrogens (tertiary/aromatic N) is 2. The fraction of sp³-hybridized carbons (Fsp3) is 0.167. The molecule has 3 rings (SSSR count). The maximum Gasteiger partial charge on any atom is 0.125 e. The predicted octanol–water partition coefficient (Wildman–Crippen LogP) is 3.96. The standard InChI is InChI=1S/C12H10ClN3S/c1-6-11(13)17-12(14-6)8-3-4-9-10(5-8)16-7(2)15-9/h3-5H,1-2H3,(H,15,16). The lowest BCUT2D eigenvalue weighted by molar-refractivity contribution is 1.17. The number of imidazole rings is 1. The van der Waals surface area contributed by atoms with Crippen molar-refractivity contribution in [3.8, 4) is 10.6 Å². The summed E-state index contributed by atoms with van der Waals surface area (Å²) in [4.78, 5) is 12.0. The number of rotatable bonds is 1. The second-order valence-corrected chi connectivity index (χ2v) is 5.53. The third-order valence-electron chi connectivity index (χ3n) is 2.59. The SMILES string of the molecule is Cc1nc2ccc(-c3nc(C)c(Cl)s3)cc2[nH]1. The highest BCUT2D eigenvalue weighted by molar-refractivity contribution is 7.19. The number of aromatic nitrogens is 3. The van der Waals surface area contributed by atoms with Gasteiger partial charge in [0.1, 0.15) is 15.2 Å². The molecule has 3 nitrogen and oxygen atoms in total. The number of H-pyrrole nitrogens is 1. The first-order valence-electron chi connectivity index (χ1n) is 5.23. The Hall–Kier alpha value is -1.39. The van der Waals surface area contributed by atoms with Crippen LogP contribution in [-0.2, 0) is 0 Å². The fourth-order valence-corrected chi connectivity index (χ4v) is 2.82. The van der Waals surface area contributed by atoms with Gasteiger partial charge in [0.25, 0.3) is 0 Å². The van der Waals surface area contributed by atoms with E-state index in [1.807, 2.05) is 26.0 Å². The Bertz CT molecular complexity index is 679. The molecular weight excluding hydrogens is 254 g/mol. The molecule has 0 amide bonds. The summed E-state index contributed by atoms with van der Waals surface area (Å²) in [5.74, 6) is 0.922. The third-order valence-corrected chi connectivity index (χ3v) is 4.09. The Kier molecular flexibility index (Phi) is 2.42. The van der Waals surface area contributed by atoms with E-state index in [0.29, 0.717) is 0 Å². The number of halogens is 1.